The van der Waals surface area contributed by atoms with Gasteiger partial charge >= 0.3 is 6.09 Å². The first-order valence-corrected chi connectivity index (χ1v) is 7.45. The van der Waals surface area contributed by atoms with E-state index < -0.39 is 11.7 Å². The fourth-order valence-corrected chi connectivity index (χ4v) is 3.15. The van der Waals surface area contributed by atoms with Crippen molar-refractivity contribution in [2.24, 2.45) is 0 Å². The standard InChI is InChI=1S/C13H13BrN2O3S/c1-13(2,3)19-12(18)16-11-15-10-8(14)4-7(6-17)5-9(10)20-11/h4-6H,1-3H3,(H,15,16,18). The maximum absolute atomic E-state index is 11.7. The third-order valence-corrected chi connectivity index (χ3v) is 3.74. The summed E-state index contributed by atoms with van der Waals surface area (Å²) in [5.74, 6) is 0. The van der Waals surface area contributed by atoms with Crippen LogP contribution in [0.1, 0.15) is 31.1 Å². The number of aromatic nitrogens is 1. The molecule has 0 aliphatic carbocycles. The molecular formula is C13H13BrN2O3S. The molecule has 2 aromatic rings. The maximum Gasteiger partial charge on any atom is 0.413 e. The number of carbonyl (C=O) groups is 2. The van der Waals surface area contributed by atoms with Crippen molar-refractivity contribution in [1.29, 1.82) is 0 Å². The number of thiazole rings is 1. The van der Waals surface area contributed by atoms with E-state index in [1.54, 1.807) is 32.9 Å². The summed E-state index contributed by atoms with van der Waals surface area (Å²) >= 11 is 4.64. The van der Waals surface area contributed by atoms with E-state index in [1.165, 1.54) is 11.3 Å². The topological polar surface area (TPSA) is 68.3 Å². The second-order valence-corrected chi connectivity index (χ2v) is 7.00. The first-order chi connectivity index (χ1) is 9.28. The van der Waals surface area contributed by atoms with Crippen molar-refractivity contribution in [3.63, 3.8) is 0 Å². The van der Waals surface area contributed by atoms with Crippen molar-refractivity contribution in [3.8, 4) is 0 Å². The van der Waals surface area contributed by atoms with Crippen LogP contribution in [0, 0.1) is 0 Å². The number of amides is 1. The van der Waals surface area contributed by atoms with Gasteiger partial charge in [-0.15, -0.1) is 0 Å². The van der Waals surface area contributed by atoms with E-state index in [1.807, 2.05) is 0 Å². The summed E-state index contributed by atoms with van der Waals surface area (Å²) in [6, 6.07) is 3.41. The van der Waals surface area contributed by atoms with Gasteiger partial charge in [-0.2, -0.15) is 0 Å². The molecule has 0 spiro atoms. The Bertz CT molecular complexity index is 676. The van der Waals surface area contributed by atoms with Crippen molar-refractivity contribution in [2.45, 2.75) is 26.4 Å². The molecule has 1 amide bonds. The highest BCUT2D eigenvalue weighted by Gasteiger charge is 2.18. The first-order valence-electron chi connectivity index (χ1n) is 5.84. The number of halogens is 1. The molecule has 0 unspecified atom stereocenters. The van der Waals surface area contributed by atoms with Gasteiger partial charge in [-0.3, -0.25) is 10.1 Å². The van der Waals surface area contributed by atoms with Crippen LogP contribution < -0.4 is 5.32 Å². The number of nitrogens with zero attached hydrogens (tertiary/aromatic N) is 1. The zero-order valence-corrected chi connectivity index (χ0v) is 13.6. The maximum atomic E-state index is 11.7. The number of fused-ring (bicyclic) bond motifs is 1. The Labute approximate surface area is 128 Å². The molecule has 0 bridgehead atoms. The normalized spacial score (nSPS) is 11.4. The van der Waals surface area contributed by atoms with Gasteiger partial charge in [0.1, 0.15) is 11.9 Å². The largest absolute Gasteiger partial charge is 0.444 e. The second-order valence-electron chi connectivity index (χ2n) is 5.11. The first kappa shape index (κ1) is 14.9. The van der Waals surface area contributed by atoms with Crippen LogP contribution in [0.15, 0.2) is 16.6 Å². The van der Waals surface area contributed by atoms with E-state index in [-0.39, 0.29) is 0 Å². The fraction of sp³-hybridized carbons (Fsp3) is 0.308. The zero-order chi connectivity index (χ0) is 14.9. The minimum Gasteiger partial charge on any atom is -0.444 e. The molecule has 20 heavy (non-hydrogen) atoms. The quantitative estimate of drug-likeness (QED) is 0.818. The summed E-state index contributed by atoms with van der Waals surface area (Å²) in [7, 11) is 0. The van der Waals surface area contributed by atoms with Crippen LogP contribution in [0.4, 0.5) is 9.93 Å². The van der Waals surface area contributed by atoms with Gasteiger partial charge in [0.25, 0.3) is 0 Å². The number of ether oxygens (including phenoxy) is 1. The molecule has 0 fully saturated rings. The minimum absolute atomic E-state index is 0.429. The molecule has 0 saturated heterocycles. The van der Waals surface area contributed by atoms with E-state index in [9.17, 15) is 9.59 Å². The van der Waals surface area contributed by atoms with Gasteiger partial charge in [0, 0.05) is 10.0 Å². The Morgan fingerprint density at radius 2 is 2.15 bits per heavy atom. The smallest absolute Gasteiger partial charge is 0.413 e. The molecule has 0 saturated carbocycles. The zero-order valence-electron chi connectivity index (χ0n) is 11.2. The number of hydrogen-bond donors (Lipinski definition) is 1. The van der Waals surface area contributed by atoms with Crippen molar-refractivity contribution >= 4 is 55.0 Å². The molecule has 1 aromatic heterocycles. The molecule has 106 valence electrons. The van der Waals surface area contributed by atoms with Gasteiger partial charge in [-0.25, -0.2) is 9.78 Å². The number of anilines is 1. The van der Waals surface area contributed by atoms with Crippen LogP contribution in [0.2, 0.25) is 0 Å². The third kappa shape index (κ3) is 3.55. The van der Waals surface area contributed by atoms with Crippen molar-refractivity contribution in [1.82, 2.24) is 4.98 Å². The molecule has 1 N–H and O–H groups in total. The van der Waals surface area contributed by atoms with Crippen molar-refractivity contribution < 1.29 is 14.3 Å². The predicted molar refractivity (Wildman–Crippen MR) is 82.6 cm³/mol. The van der Waals surface area contributed by atoms with Gasteiger partial charge in [-0.05, 0) is 48.8 Å². The summed E-state index contributed by atoms with van der Waals surface area (Å²) in [6.45, 7) is 5.37. The van der Waals surface area contributed by atoms with Crippen molar-refractivity contribution in [3.05, 3.63) is 22.2 Å². The van der Waals surface area contributed by atoms with Crippen LogP contribution in [-0.4, -0.2) is 23.0 Å². The van der Waals surface area contributed by atoms with E-state index in [0.717, 1.165) is 11.0 Å². The molecule has 1 aromatic carbocycles. The summed E-state index contributed by atoms with van der Waals surface area (Å²) in [5.41, 5.74) is 0.690. The Kier molecular flexibility index (Phi) is 4.10. The second kappa shape index (κ2) is 5.49. The molecule has 2 rings (SSSR count). The van der Waals surface area contributed by atoms with Crippen LogP contribution in [0.5, 0.6) is 0 Å². The Morgan fingerprint density at radius 1 is 1.45 bits per heavy atom. The Balaban J connectivity index is 2.26. The van der Waals surface area contributed by atoms with E-state index >= 15 is 0 Å². The lowest BCUT2D eigenvalue weighted by Gasteiger charge is -2.18. The Morgan fingerprint density at radius 3 is 2.75 bits per heavy atom. The average Bonchev–Trinajstić information content (AvgIpc) is 2.69. The molecule has 0 radical (unpaired) electrons. The number of carbonyl (C=O) groups excluding carboxylic acids is 2. The molecule has 0 aliphatic heterocycles. The van der Waals surface area contributed by atoms with E-state index in [2.05, 4.69) is 26.2 Å². The Hall–Kier alpha value is -1.47. The molecule has 5 nitrogen and oxygen atoms in total. The number of rotatable bonds is 2. The summed E-state index contributed by atoms with van der Waals surface area (Å²) < 4.78 is 6.69. The van der Waals surface area contributed by atoms with Gasteiger partial charge < -0.3 is 4.74 Å². The van der Waals surface area contributed by atoms with Crippen LogP contribution in [0.25, 0.3) is 10.2 Å². The fourth-order valence-electron chi connectivity index (χ4n) is 1.52. The van der Waals surface area contributed by atoms with E-state index in [0.29, 0.717) is 20.7 Å². The van der Waals surface area contributed by atoms with E-state index in [4.69, 9.17) is 4.74 Å². The monoisotopic (exact) mass is 356 g/mol. The predicted octanol–water partition coefficient (Wildman–Crippen LogP) is 4.22. The lowest BCUT2D eigenvalue weighted by atomic mass is 10.2. The molecule has 7 heteroatoms. The van der Waals surface area contributed by atoms with Gasteiger partial charge in [0.05, 0.1) is 10.2 Å². The highest BCUT2D eigenvalue weighted by Crippen LogP contribution is 2.32. The van der Waals surface area contributed by atoms with Crippen LogP contribution in [-0.2, 0) is 4.74 Å². The van der Waals surface area contributed by atoms with Crippen molar-refractivity contribution in [2.75, 3.05) is 5.32 Å². The number of nitrogens with one attached hydrogen (secondary N) is 1. The highest BCUT2D eigenvalue weighted by atomic mass is 79.9. The van der Waals surface area contributed by atoms with Crippen LogP contribution >= 0.6 is 27.3 Å². The highest BCUT2D eigenvalue weighted by molar-refractivity contribution is 9.10. The average molecular weight is 357 g/mol. The summed E-state index contributed by atoms with van der Waals surface area (Å²) in [6.07, 6.45) is 0.216. The number of aldehydes is 1. The summed E-state index contributed by atoms with van der Waals surface area (Å²) in [5, 5.41) is 3.02. The lowest BCUT2D eigenvalue weighted by molar-refractivity contribution is 0.0636. The number of benzene rings is 1. The minimum atomic E-state index is -0.563. The SMILES string of the molecule is CC(C)(C)OC(=O)Nc1nc2c(Br)cc(C=O)cc2s1. The van der Waals surface area contributed by atoms with Gasteiger partial charge in [0.15, 0.2) is 5.13 Å². The third-order valence-electron chi connectivity index (χ3n) is 2.21. The molecule has 0 aliphatic rings. The number of hydrogen-bond acceptors (Lipinski definition) is 5. The van der Waals surface area contributed by atoms with Gasteiger partial charge in [0.2, 0.25) is 0 Å². The molecular weight excluding hydrogens is 344 g/mol. The van der Waals surface area contributed by atoms with Gasteiger partial charge in [-0.1, -0.05) is 11.3 Å². The summed E-state index contributed by atoms with van der Waals surface area (Å²) in [4.78, 5) is 26.8. The van der Waals surface area contributed by atoms with Crippen LogP contribution in [0.3, 0.4) is 0 Å². The molecule has 1 heterocycles. The molecule has 0 atom stereocenters. The lowest BCUT2D eigenvalue weighted by Crippen LogP contribution is -2.27.